The van der Waals surface area contributed by atoms with Gasteiger partial charge in [0.05, 0.1) is 18.3 Å². The molecule has 2 aromatic carbocycles. The largest absolute Gasteiger partial charge is 0.573 e. The monoisotopic (exact) mass is 520 g/mol. The molecule has 0 spiro atoms. The summed E-state index contributed by atoms with van der Waals surface area (Å²) >= 11 is 7.18. The van der Waals surface area contributed by atoms with Crippen LogP contribution in [0.4, 0.5) is 13.2 Å². The molecule has 4 rings (SSSR count). The molecule has 0 fully saturated rings. The number of carbonyl (C=O) groups excluding carboxylic acids is 1. The highest BCUT2D eigenvalue weighted by Crippen LogP contribution is 2.26. The van der Waals surface area contributed by atoms with Gasteiger partial charge < -0.3 is 10.1 Å². The quantitative estimate of drug-likeness (QED) is 0.288. The number of alkyl halides is 3. The van der Waals surface area contributed by atoms with Crippen molar-refractivity contribution in [2.24, 2.45) is 0 Å². The molecule has 0 bridgehead atoms. The van der Waals surface area contributed by atoms with Crippen LogP contribution in [0, 0.1) is 0 Å². The number of hydrogen-bond acceptors (Lipinski definition) is 5. The normalized spacial score (nSPS) is 12.5. The van der Waals surface area contributed by atoms with Gasteiger partial charge in [0.25, 0.3) is 0 Å². The van der Waals surface area contributed by atoms with Crippen molar-refractivity contribution in [1.82, 2.24) is 19.9 Å². The number of imidazole rings is 1. The average molecular weight is 521 g/mol. The van der Waals surface area contributed by atoms with Crippen molar-refractivity contribution in [1.29, 1.82) is 0 Å². The van der Waals surface area contributed by atoms with Gasteiger partial charge >= 0.3 is 6.36 Å². The lowest BCUT2D eigenvalue weighted by Gasteiger charge is -2.14. The number of fused-ring (bicyclic) bond motifs is 1. The first kappa shape index (κ1) is 24.9. The number of rotatable bonds is 8. The van der Waals surface area contributed by atoms with Crippen LogP contribution in [0.3, 0.4) is 0 Å². The number of halogens is 4. The predicted octanol–water partition coefficient (Wildman–Crippen LogP) is 6.00. The molecule has 2 heterocycles. The van der Waals surface area contributed by atoms with Gasteiger partial charge in [-0.25, -0.2) is 9.97 Å². The van der Waals surface area contributed by atoms with E-state index in [4.69, 9.17) is 11.6 Å². The van der Waals surface area contributed by atoms with Crippen LogP contribution < -0.4 is 10.1 Å². The summed E-state index contributed by atoms with van der Waals surface area (Å²) in [5.41, 5.74) is 2.93. The van der Waals surface area contributed by atoms with E-state index in [9.17, 15) is 18.0 Å². The number of pyridine rings is 1. The van der Waals surface area contributed by atoms with Crippen molar-refractivity contribution >= 4 is 40.4 Å². The van der Waals surface area contributed by atoms with Gasteiger partial charge in [-0.15, -0.1) is 13.2 Å². The van der Waals surface area contributed by atoms with Gasteiger partial charge in [0.1, 0.15) is 11.3 Å². The Morgan fingerprint density at radius 2 is 1.86 bits per heavy atom. The lowest BCUT2D eigenvalue weighted by Crippen LogP contribution is -2.28. The maximum absolute atomic E-state index is 12.6. The average Bonchev–Trinajstić information content (AvgIpc) is 3.16. The van der Waals surface area contributed by atoms with Crippen molar-refractivity contribution < 1.29 is 22.7 Å². The molecule has 0 aliphatic rings. The van der Waals surface area contributed by atoms with Crippen LogP contribution in [0.5, 0.6) is 5.75 Å². The molecule has 2 aromatic heterocycles. The number of benzene rings is 2. The summed E-state index contributed by atoms with van der Waals surface area (Å²) in [4.78, 5) is 21.6. The molecular weight excluding hydrogens is 501 g/mol. The van der Waals surface area contributed by atoms with Crippen LogP contribution >= 0.6 is 23.4 Å². The van der Waals surface area contributed by atoms with Gasteiger partial charge in [0.15, 0.2) is 10.8 Å². The summed E-state index contributed by atoms with van der Waals surface area (Å²) in [7, 11) is 0. The highest BCUT2D eigenvalue weighted by atomic mass is 35.5. The number of hydrogen-bond donors (Lipinski definition) is 1. The van der Waals surface area contributed by atoms with Crippen molar-refractivity contribution in [2.45, 2.75) is 31.0 Å². The van der Waals surface area contributed by atoms with Crippen LogP contribution in [0.25, 0.3) is 11.2 Å². The van der Waals surface area contributed by atoms with Crippen LogP contribution in [0.1, 0.15) is 24.1 Å². The molecule has 11 heteroatoms. The lowest BCUT2D eigenvalue weighted by molar-refractivity contribution is -0.274. The number of carbonyl (C=O) groups is 1. The SMILES string of the molecule is C[C@H](NC(=O)CSc1nc2cccnc2n1Cc1ccc(OC(F)(F)F)cc1)c1ccc(Cl)cc1. The summed E-state index contributed by atoms with van der Waals surface area (Å²) in [6, 6.07) is 16.2. The second-order valence-electron chi connectivity index (χ2n) is 7.65. The molecule has 1 N–H and O–H groups in total. The fraction of sp³-hybridized carbons (Fsp3) is 0.208. The topological polar surface area (TPSA) is 69.0 Å². The molecule has 0 unspecified atom stereocenters. The summed E-state index contributed by atoms with van der Waals surface area (Å²) < 4.78 is 43.1. The number of aromatic nitrogens is 3. The van der Waals surface area contributed by atoms with Crippen LogP contribution in [-0.4, -0.2) is 32.6 Å². The molecule has 35 heavy (non-hydrogen) atoms. The molecule has 0 saturated heterocycles. The lowest BCUT2D eigenvalue weighted by atomic mass is 10.1. The van der Waals surface area contributed by atoms with Crippen molar-refractivity contribution in [3.8, 4) is 5.75 Å². The van der Waals surface area contributed by atoms with Crippen LogP contribution in [0.2, 0.25) is 5.02 Å². The van der Waals surface area contributed by atoms with Gasteiger partial charge in [-0.05, 0) is 54.4 Å². The summed E-state index contributed by atoms with van der Waals surface area (Å²) in [6.07, 6.45) is -3.11. The number of ether oxygens (including phenoxy) is 1. The van der Waals surface area contributed by atoms with Crippen molar-refractivity contribution in [2.75, 3.05) is 5.75 Å². The molecule has 0 aliphatic carbocycles. The first-order valence-corrected chi connectivity index (χ1v) is 11.9. The third kappa shape index (κ3) is 6.67. The van der Waals surface area contributed by atoms with Crippen LogP contribution in [-0.2, 0) is 11.3 Å². The van der Waals surface area contributed by atoms with E-state index in [2.05, 4.69) is 20.0 Å². The fourth-order valence-electron chi connectivity index (χ4n) is 3.42. The second-order valence-corrected chi connectivity index (χ2v) is 9.03. The Bertz CT molecular complexity index is 1310. The second kappa shape index (κ2) is 10.6. The smallest absolute Gasteiger partial charge is 0.406 e. The first-order valence-electron chi connectivity index (χ1n) is 10.5. The van der Waals surface area contributed by atoms with E-state index in [-0.39, 0.29) is 23.5 Å². The van der Waals surface area contributed by atoms with Gasteiger partial charge in [0.2, 0.25) is 5.91 Å². The van der Waals surface area contributed by atoms with Gasteiger partial charge in [-0.1, -0.05) is 47.6 Å². The standard InChI is InChI=1S/C24H20ClF3N4O2S/c1-15(17-6-8-18(25)9-7-17)30-21(33)14-35-23-31-20-3-2-12-29-22(20)32(23)13-16-4-10-19(11-5-16)34-24(26,27)28/h2-12,15H,13-14H2,1H3,(H,30,33)/t15-/m0/s1. The van der Waals surface area contributed by atoms with E-state index in [0.717, 1.165) is 11.1 Å². The molecule has 182 valence electrons. The minimum Gasteiger partial charge on any atom is -0.406 e. The van der Waals surface area contributed by atoms with Crippen LogP contribution in [0.15, 0.2) is 72.0 Å². The van der Waals surface area contributed by atoms with Gasteiger partial charge in [-0.2, -0.15) is 0 Å². The Hall–Kier alpha value is -3.24. The Balaban J connectivity index is 1.46. The predicted molar refractivity (Wildman–Crippen MR) is 128 cm³/mol. The van der Waals surface area contributed by atoms with E-state index >= 15 is 0 Å². The third-order valence-corrected chi connectivity index (χ3v) is 6.27. The Labute approximate surface area is 208 Å². The minimum atomic E-state index is -4.75. The zero-order valence-electron chi connectivity index (χ0n) is 18.4. The molecule has 0 aliphatic heterocycles. The molecular formula is C24H20ClF3N4O2S. The zero-order chi connectivity index (χ0) is 25.0. The maximum atomic E-state index is 12.6. The van der Waals surface area contributed by atoms with E-state index in [1.165, 1.54) is 23.9 Å². The zero-order valence-corrected chi connectivity index (χ0v) is 20.0. The fourth-order valence-corrected chi connectivity index (χ4v) is 4.36. The van der Waals surface area contributed by atoms with Gasteiger partial charge in [-0.3, -0.25) is 9.36 Å². The molecule has 1 amide bonds. The van der Waals surface area contributed by atoms with Crippen molar-refractivity contribution in [3.05, 3.63) is 83.0 Å². The number of thioether (sulfide) groups is 1. The summed E-state index contributed by atoms with van der Waals surface area (Å²) in [5, 5.41) is 4.15. The summed E-state index contributed by atoms with van der Waals surface area (Å²) in [6.45, 7) is 2.20. The van der Waals surface area contributed by atoms with E-state index < -0.39 is 6.36 Å². The Morgan fingerprint density at radius 3 is 2.54 bits per heavy atom. The molecule has 6 nitrogen and oxygen atoms in total. The van der Waals surface area contributed by atoms with E-state index in [0.29, 0.717) is 27.9 Å². The van der Waals surface area contributed by atoms with E-state index in [1.807, 2.05) is 29.7 Å². The molecule has 1 atom stereocenters. The van der Waals surface area contributed by atoms with E-state index in [1.54, 1.807) is 36.5 Å². The molecule has 4 aromatic rings. The number of nitrogens with zero attached hydrogens (tertiary/aromatic N) is 3. The molecule has 0 saturated carbocycles. The summed E-state index contributed by atoms with van der Waals surface area (Å²) in [5.74, 6) is -0.340. The number of nitrogens with one attached hydrogen (secondary N) is 1. The maximum Gasteiger partial charge on any atom is 0.573 e. The van der Waals surface area contributed by atoms with Crippen molar-refractivity contribution in [3.63, 3.8) is 0 Å². The minimum absolute atomic E-state index is 0.125. The number of amides is 1. The Morgan fingerprint density at radius 1 is 1.14 bits per heavy atom. The Kier molecular flexibility index (Phi) is 7.51. The molecule has 0 radical (unpaired) electrons. The van der Waals surface area contributed by atoms with Gasteiger partial charge in [0, 0.05) is 11.2 Å². The highest BCUT2D eigenvalue weighted by Gasteiger charge is 2.31. The first-order chi connectivity index (χ1) is 16.7. The third-order valence-electron chi connectivity index (χ3n) is 5.05. The highest BCUT2D eigenvalue weighted by molar-refractivity contribution is 7.99.